The molecule has 1 fully saturated rings. The number of aromatic nitrogens is 1. The molecule has 0 unspecified atom stereocenters. The Kier molecular flexibility index (Phi) is 6.22. The zero-order chi connectivity index (χ0) is 21.8. The van der Waals surface area contributed by atoms with Gasteiger partial charge in [0, 0.05) is 36.6 Å². The Morgan fingerprint density at radius 3 is 2.57 bits per heavy atom. The predicted molar refractivity (Wildman–Crippen MR) is 110 cm³/mol. The number of carbonyl (C=O) groups is 2. The van der Waals surface area contributed by atoms with Crippen LogP contribution in [-0.2, 0) is 9.59 Å². The van der Waals surface area contributed by atoms with Crippen LogP contribution in [0, 0.1) is 10.1 Å². The Labute approximate surface area is 173 Å². The molecule has 1 amide bonds. The number of benzene rings is 1. The summed E-state index contributed by atoms with van der Waals surface area (Å²) in [5, 5.41) is 22.1. The first-order valence-corrected chi connectivity index (χ1v) is 9.39. The second-order valence-electron chi connectivity index (χ2n) is 7.24. The molecule has 3 rings (SSSR count). The lowest BCUT2D eigenvalue weighted by atomic mass is 9.95. The number of likely N-dealkylation sites (tertiary alicyclic amines) is 1. The Morgan fingerprint density at radius 2 is 1.93 bits per heavy atom. The van der Waals surface area contributed by atoms with E-state index in [2.05, 4.69) is 4.98 Å². The first-order chi connectivity index (χ1) is 14.3. The van der Waals surface area contributed by atoms with Crippen LogP contribution < -0.4 is 0 Å². The van der Waals surface area contributed by atoms with E-state index < -0.39 is 22.7 Å². The summed E-state index contributed by atoms with van der Waals surface area (Å²) in [6, 6.07) is 7.92. The van der Waals surface area contributed by atoms with Crippen LogP contribution in [0.15, 0.2) is 54.4 Å². The van der Waals surface area contributed by atoms with E-state index in [4.69, 9.17) is 0 Å². The number of amides is 1. The van der Waals surface area contributed by atoms with Crippen molar-refractivity contribution in [3.8, 4) is 0 Å². The molecule has 0 spiro atoms. The molecule has 1 atom stereocenters. The van der Waals surface area contributed by atoms with Crippen LogP contribution in [0.1, 0.15) is 23.6 Å². The number of hydrogen-bond donors (Lipinski definition) is 1. The number of hydrogen-bond acceptors (Lipinski definition) is 7. The van der Waals surface area contributed by atoms with Crippen molar-refractivity contribution >= 4 is 23.1 Å². The molecule has 1 N–H and O–H groups in total. The van der Waals surface area contributed by atoms with Gasteiger partial charge in [-0.25, -0.2) is 0 Å². The van der Waals surface area contributed by atoms with Crippen molar-refractivity contribution < 1.29 is 19.6 Å². The number of rotatable bonds is 7. The maximum absolute atomic E-state index is 12.9. The molecule has 1 saturated heterocycles. The molecule has 9 nitrogen and oxygen atoms in total. The molecule has 1 aromatic heterocycles. The zero-order valence-electron chi connectivity index (χ0n) is 16.7. The fourth-order valence-corrected chi connectivity index (χ4v) is 3.49. The third-order valence-electron chi connectivity index (χ3n) is 4.89. The monoisotopic (exact) mass is 410 g/mol. The molecule has 0 bridgehead atoms. The van der Waals surface area contributed by atoms with Crippen molar-refractivity contribution in [2.75, 3.05) is 27.2 Å². The maximum Gasteiger partial charge on any atom is 0.295 e. The quantitative estimate of drug-likeness (QED) is 0.245. The van der Waals surface area contributed by atoms with Gasteiger partial charge in [-0.1, -0.05) is 12.1 Å². The number of aliphatic hydroxyl groups excluding tert-OH is 1. The van der Waals surface area contributed by atoms with E-state index in [9.17, 15) is 24.8 Å². The van der Waals surface area contributed by atoms with Crippen molar-refractivity contribution in [1.29, 1.82) is 0 Å². The van der Waals surface area contributed by atoms with E-state index in [1.165, 1.54) is 47.6 Å². The highest BCUT2D eigenvalue weighted by Gasteiger charge is 2.46. The molecular weight excluding hydrogens is 388 g/mol. The average Bonchev–Trinajstić information content (AvgIpc) is 2.98. The highest BCUT2D eigenvalue weighted by molar-refractivity contribution is 6.46. The van der Waals surface area contributed by atoms with Gasteiger partial charge in [0.05, 0.1) is 16.5 Å². The summed E-state index contributed by atoms with van der Waals surface area (Å²) in [5.41, 5.74) is 0.488. The van der Waals surface area contributed by atoms with Crippen molar-refractivity contribution in [3.05, 3.63) is 75.6 Å². The van der Waals surface area contributed by atoms with E-state index in [0.29, 0.717) is 24.1 Å². The maximum atomic E-state index is 12.9. The minimum Gasteiger partial charge on any atom is -0.507 e. The van der Waals surface area contributed by atoms with Crippen molar-refractivity contribution in [3.63, 3.8) is 0 Å². The normalized spacial score (nSPS) is 18.2. The van der Waals surface area contributed by atoms with E-state index in [-0.39, 0.29) is 23.6 Å². The minimum atomic E-state index is -0.916. The Balaban J connectivity index is 2.12. The number of nitro groups is 1. The molecule has 2 heterocycles. The largest absolute Gasteiger partial charge is 0.507 e. The molecule has 2 aromatic rings. The van der Waals surface area contributed by atoms with E-state index in [1.807, 2.05) is 19.0 Å². The summed E-state index contributed by atoms with van der Waals surface area (Å²) < 4.78 is 0. The lowest BCUT2D eigenvalue weighted by Gasteiger charge is -2.25. The van der Waals surface area contributed by atoms with Crippen LogP contribution in [0.2, 0.25) is 0 Å². The first kappa shape index (κ1) is 21.1. The highest BCUT2D eigenvalue weighted by Crippen LogP contribution is 2.40. The number of nitro benzene ring substituents is 1. The highest BCUT2D eigenvalue weighted by atomic mass is 16.6. The van der Waals surface area contributed by atoms with Gasteiger partial charge in [0.25, 0.3) is 17.4 Å². The van der Waals surface area contributed by atoms with Gasteiger partial charge in [-0.15, -0.1) is 0 Å². The molecule has 1 aliphatic rings. The Bertz CT molecular complexity index is 1000. The van der Waals surface area contributed by atoms with Gasteiger partial charge in [-0.05, 0) is 44.8 Å². The summed E-state index contributed by atoms with van der Waals surface area (Å²) in [4.78, 5) is 43.6. The number of nitrogens with zero attached hydrogens (tertiary/aromatic N) is 4. The zero-order valence-corrected chi connectivity index (χ0v) is 16.7. The molecule has 156 valence electrons. The van der Waals surface area contributed by atoms with Gasteiger partial charge in [-0.3, -0.25) is 24.7 Å². The fourth-order valence-electron chi connectivity index (χ4n) is 3.49. The fraction of sp³-hybridized carbons (Fsp3) is 0.286. The van der Waals surface area contributed by atoms with Crippen LogP contribution in [-0.4, -0.2) is 63.7 Å². The second kappa shape index (κ2) is 8.83. The summed E-state index contributed by atoms with van der Waals surface area (Å²) in [7, 11) is 3.80. The van der Waals surface area contributed by atoms with Gasteiger partial charge in [0.2, 0.25) is 0 Å². The minimum absolute atomic E-state index is 0.0865. The van der Waals surface area contributed by atoms with Crippen molar-refractivity contribution in [2.45, 2.75) is 12.5 Å². The number of pyridine rings is 1. The third kappa shape index (κ3) is 4.20. The lowest BCUT2D eigenvalue weighted by Crippen LogP contribution is -2.32. The molecule has 0 radical (unpaired) electrons. The first-order valence-electron chi connectivity index (χ1n) is 9.39. The van der Waals surface area contributed by atoms with Crippen LogP contribution in [0.25, 0.3) is 5.76 Å². The molecule has 0 saturated carbocycles. The Hall–Kier alpha value is -3.59. The van der Waals surface area contributed by atoms with Crippen LogP contribution in [0.4, 0.5) is 5.69 Å². The lowest BCUT2D eigenvalue weighted by molar-refractivity contribution is -0.384. The summed E-state index contributed by atoms with van der Waals surface area (Å²) in [6.45, 7) is 0.957. The molecule has 0 aliphatic carbocycles. The number of ketones is 1. The second-order valence-corrected chi connectivity index (χ2v) is 7.24. The number of aliphatic hydroxyl groups is 1. The summed E-state index contributed by atoms with van der Waals surface area (Å²) >= 11 is 0. The average molecular weight is 410 g/mol. The summed E-state index contributed by atoms with van der Waals surface area (Å²) in [5.74, 6) is -1.88. The van der Waals surface area contributed by atoms with Crippen LogP contribution >= 0.6 is 0 Å². The molecule has 9 heteroatoms. The summed E-state index contributed by atoms with van der Waals surface area (Å²) in [6.07, 6.45) is 3.52. The van der Waals surface area contributed by atoms with Gasteiger partial charge >= 0.3 is 0 Å². The Morgan fingerprint density at radius 1 is 1.23 bits per heavy atom. The predicted octanol–water partition coefficient (Wildman–Crippen LogP) is 2.36. The van der Waals surface area contributed by atoms with Gasteiger partial charge in [0.15, 0.2) is 0 Å². The molecule has 1 aromatic carbocycles. The van der Waals surface area contributed by atoms with E-state index in [1.54, 1.807) is 6.07 Å². The SMILES string of the molecule is CN(C)CCCN1C(=O)C(=O)C(=C(O)c2ccncc2)[C@H]1c1cccc([N+](=O)[O-])c1. The molecular formula is C21H22N4O5. The van der Waals surface area contributed by atoms with Crippen LogP contribution in [0.5, 0.6) is 0 Å². The van der Waals surface area contributed by atoms with Crippen LogP contribution in [0.3, 0.4) is 0 Å². The molecule has 30 heavy (non-hydrogen) atoms. The van der Waals surface area contributed by atoms with Gasteiger partial charge in [0.1, 0.15) is 5.76 Å². The third-order valence-corrected chi connectivity index (χ3v) is 4.89. The van der Waals surface area contributed by atoms with Gasteiger partial charge in [-0.2, -0.15) is 0 Å². The number of carbonyl (C=O) groups excluding carboxylic acids is 2. The van der Waals surface area contributed by atoms with Gasteiger partial charge < -0.3 is 14.9 Å². The molecule has 1 aliphatic heterocycles. The van der Waals surface area contributed by atoms with Crippen molar-refractivity contribution in [2.24, 2.45) is 0 Å². The standard InChI is InChI=1S/C21H22N4O5/c1-23(2)11-4-12-24-18(15-5-3-6-16(13-15)25(29)30)17(20(27)21(24)28)19(26)14-7-9-22-10-8-14/h3,5-10,13,18,26H,4,11-12H2,1-2H3/t18-/m1/s1. The number of non-ortho nitro benzene ring substituents is 1. The smallest absolute Gasteiger partial charge is 0.295 e. The van der Waals surface area contributed by atoms with Crippen molar-refractivity contribution in [1.82, 2.24) is 14.8 Å². The topological polar surface area (TPSA) is 117 Å². The number of Topliss-reactive ketones (excluding diaryl/α,β-unsaturated/α-hetero) is 1. The van der Waals surface area contributed by atoms with E-state index in [0.717, 1.165) is 0 Å². The van der Waals surface area contributed by atoms with E-state index >= 15 is 0 Å².